The summed E-state index contributed by atoms with van der Waals surface area (Å²) in [4.78, 5) is 29.1. The molecule has 0 saturated carbocycles. The molecule has 2 aliphatic heterocycles. The average Bonchev–Trinajstić information content (AvgIpc) is 2.83. The van der Waals surface area contributed by atoms with Crippen molar-refractivity contribution < 1.29 is 30.8 Å². The highest BCUT2D eigenvalue weighted by atomic mass is 35.5. The molecule has 10 nitrogen and oxygen atoms in total. The van der Waals surface area contributed by atoms with Gasteiger partial charge in [0, 0.05) is 29.6 Å². The van der Waals surface area contributed by atoms with E-state index in [2.05, 4.69) is 4.72 Å². The van der Waals surface area contributed by atoms with Crippen LogP contribution in [0.25, 0.3) is 0 Å². The Balaban J connectivity index is 1.85. The molecule has 2 aliphatic rings. The summed E-state index contributed by atoms with van der Waals surface area (Å²) >= 11 is 18.1. The number of carbonyl (C=O) groups is 2. The van der Waals surface area contributed by atoms with Crippen LogP contribution in [-0.2, 0) is 36.1 Å². The summed E-state index contributed by atoms with van der Waals surface area (Å²) in [5.74, 6) is -1.39. The van der Waals surface area contributed by atoms with E-state index in [1.165, 1.54) is 18.2 Å². The normalized spacial score (nSPS) is 22.7. The van der Waals surface area contributed by atoms with Crippen molar-refractivity contribution in [3.63, 3.8) is 0 Å². The van der Waals surface area contributed by atoms with Gasteiger partial charge in [-0.15, -0.1) is 0 Å². The Bertz CT molecular complexity index is 1490. The lowest BCUT2D eigenvalue weighted by Crippen LogP contribution is -2.76. The fourth-order valence-corrected chi connectivity index (χ4v) is 7.90. The van der Waals surface area contributed by atoms with Crippen molar-refractivity contribution in [1.29, 1.82) is 0 Å². The molecule has 2 fully saturated rings. The number of fused-ring (bicyclic) bond motifs is 1. The summed E-state index contributed by atoms with van der Waals surface area (Å²) in [7, 11) is -8.46. The molecule has 2 amide bonds. The molecule has 3 atom stereocenters. The molecule has 2 heterocycles. The fourth-order valence-electron chi connectivity index (χ4n) is 4.75. The van der Waals surface area contributed by atoms with E-state index in [0.717, 1.165) is 20.4 Å². The zero-order valence-electron chi connectivity index (χ0n) is 20.4. The molecule has 39 heavy (non-hydrogen) atoms. The van der Waals surface area contributed by atoms with Crippen LogP contribution in [0.5, 0.6) is 0 Å². The summed E-state index contributed by atoms with van der Waals surface area (Å²) in [5, 5.41) is 0.435. The summed E-state index contributed by atoms with van der Waals surface area (Å²) in [6.45, 7) is -2.13. The number of nitrogens with zero attached hydrogens (tertiary/aromatic N) is 3. The predicted octanol–water partition coefficient (Wildman–Crippen LogP) is 2.15. The molecule has 212 valence electrons. The lowest BCUT2D eigenvalue weighted by Gasteiger charge is -2.53. The first kappa shape index (κ1) is 30.0. The highest BCUT2D eigenvalue weighted by molar-refractivity contribution is 7.89. The van der Waals surface area contributed by atoms with E-state index in [4.69, 9.17) is 34.8 Å². The second-order valence-corrected chi connectivity index (χ2v) is 14.1. The van der Waals surface area contributed by atoms with Crippen LogP contribution >= 0.6 is 34.8 Å². The van der Waals surface area contributed by atoms with E-state index < -0.39 is 63.3 Å². The molecular weight excluding hydrogens is 618 g/mol. The van der Waals surface area contributed by atoms with Gasteiger partial charge >= 0.3 is 0 Å². The minimum absolute atomic E-state index is 0.0534. The Labute approximate surface area is 240 Å². The number of nitrogens with one attached hydrogen (secondary N) is 1. The summed E-state index contributed by atoms with van der Waals surface area (Å²) in [6, 6.07) is 7.41. The molecule has 0 spiro atoms. The van der Waals surface area contributed by atoms with Gasteiger partial charge in [-0.3, -0.25) is 9.59 Å². The van der Waals surface area contributed by atoms with Gasteiger partial charge in [0.1, 0.15) is 29.8 Å². The first-order valence-corrected chi connectivity index (χ1v) is 16.0. The molecule has 2 saturated heterocycles. The van der Waals surface area contributed by atoms with E-state index in [0.29, 0.717) is 10.6 Å². The van der Waals surface area contributed by atoms with Crippen LogP contribution in [0.2, 0.25) is 15.1 Å². The van der Waals surface area contributed by atoms with E-state index in [1.807, 2.05) is 0 Å². The van der Waals surface area contributed by atoms with E-state index in [9.17, 15) is 30.8 Å². The van der Waals surface area contributed by atoms with Crippen LogP contribution in [0.1, 0.15) is 5.56 Å². The van der Waals surface area contributed by atoms with E-state index in [-0.39, 0.29) is 34.5 Å². The molecule has 2 aromatic carbocycles. The van der Waals surface area contributed by atoms with Gasteiger partial charge in [0.15, 0.2) is 0 Å². The van der Waals surface area contributed by atoms with Gasteiger partial charge in [-0.05, 0) is 35.9 Å². The number of amides is 2. The zero-order chi connectivity index (χ0) is 28.7. The van der Waals surface area contributed by atoms with Gasteiger partial charge in [0.05, 0.1) is 17.8 Å². The van der Waals surface area contributed by atoms with Crippen molar-refractivity contribution in [1.82, 2.24) is 18.8 Å². The number of benzene rings is 2. The second-order valence-electron chi connectivity index (χ2n) is 9.14. The van der Waals surface area contributed by atoms with Crippen LogP contribution in [0.15, 0.2) is 47.4 Å². The maximum atomic E-state index is 13.9. The van der Waals surface area contributed by atoms with Crippen LogP contribution < -0.4 is 4.72 Å². The molecule has 0 aliphatic carbocycles. The summed E-state index contributed by atoms with van der Waals surface area (Å²) in [5.41, 5.74) is 0.597. The number of carbonyl (C=O) groups excluding carboxylic acids is 2. The second kappa shape index (κ2) is 11.5. The topological polar surface area (TPSA) is 124 Å². The largest absolute Gasteiger partial charge is 0.335 e. The minimum atomic E-state index is -4.48. The highest BCUT2D eigenvalue weighted by Gasteiger charge is 2.54. The Kier molecular flexibility index (Phi) is 8.82. The Morgan fingerprint density at radius 2 is 1.59 bits per heavy atom. The monoisotopic (exact) mass is 640 g/mol. The lowest BCUT2D eigenvalue weighted by atomic mass is 9.97. The third kappa shape index (κ3) is 6.34. The zero-order valence-corrected chi connectivity index (χ0v) is 24.3. The Morgan fingerprint density at radius 3 is 2.18 bits per heavy atom. The summed E-state index contributed by atoms with van der Waals surface area (Å²) in [6.07, 6.45) is -0.493. The quantitative estimate of drug-likeness (QED) is 0.471. The molecule has 0 bridgehead atoms. The van der Waals surface area contributed by atoms with Gasteiger partial charge in [0.2, 0.25) is 31.9 Å². The molecule has 16 heteroatoms. The number of sulfonamides is 2. The number of hydrogen-bond donors (Lipinski definition) is 1. The van der Waals surface area contributed by atoms with E-state index in [1.54, 1.807) is 24.3 Å². The average molecular weight is 642 g/mol. The first-order chi connectivity index (χ1) is 18.2. The standard InChI is InChI=1S/C23H24Cl3FN4O6S2/c1-38(34,35)28-18-12-30(39(36,37)20-7-6-16(25)11-17(20)26)21-13-29(9-8-27)23(33)19(31(21)22(18)32)10-14-2-4-15(24)5-3-14/h2-7,11,18-19,21,28H,8-10,12-13H2,1H3. The maximum Gasteiger partial charge on any atom is 0.246 e. The van der Waals surface area contributed by atoms with Gasteiger partial charge in [-0.25, -0.2) is 25.9 Å². The van der Waals surface area contributed by atoms with Crippen LogP contribution in [0.3, 0.4) is 0 Å². The first-order valence-electron chi connectivity index (χ1n) is 11.6. The third-order valence-corrected chi connectivity index (χ3v) is 9.96. The van der Waals surface area contributed by atoms with Crippen molar-refractivity contribution in [2.75, 3.05) is 32.6 Å². The summed E-state index contributed by atoms with van der Waals surface area (Å²) < 4.78 is 68.6. The van der Waals surface area contributed by atoms with Gasteiger partial charge in [-0.1, -0.05) is 46.9 Å². The molecule has 1 N–H and O–H groups in total. The SMILES string of the molecule is CS(=O)(=O)NC1CN(S(=O)(=O)c2ccc(Cl)cc2Cl)C2CN(CCF)C(=O)C(Cc3ccc(Cl)cc3)N2C1=O. The van der Waals surface area contributed by atoms with Crippen molar-refractivity contribution in [2.24, 2.45) is 0 Å². The van der Waals surface area contributed by atoms with Gasteiger partial charge in [-0.2, -0.15) is 4.31 Å². The van der Waals surface area contributed by atoms with Crippen molar-refractivity contribution in [2.45, 2.75) is 29.6 Å². The Morgan fingerprint density at radius 1 is 0.949 bits per heavy atom. The Hall–Kier alpha value is -2.00. The number of piperazine rings is 1. The predicted molar refractivity (Wildman–Crippen MR) is 144 cm³/mol. The van der Waals surface area contributed by atoms with Gasteiger partial charge in [0.25, 0.3) is 0 Å². The number of rotatable bonds is 8. The van der Waals surface area contributed by atoms with Crippen LogP contribution in [0, 0.1) is 0 Å². The molecule has 2 aromatic rings. The molecular formula is C23H24Cl3FN4O6S2. The fraction of sp³-hybridized carbons (Fsp3) is 0.391. The third-order valence-electron chi connectivity index (χ3n) is 6.42. The minimum Gasteiger partial charge on any atom is -0.335 e. The van der Waals surface area contributed by atoms with Crippen molar-refractivity contribution >= 4 is 66.7 Å². The molecule has 0 radical (unpaired) electrons. The highest BCUT2D eigenvalue weighted by Crippen LogP contribution is 2.34. The molecule has 3 unspecified atom stereocenters. The van der Waals surface area contributed by atoms with Crippen molar-refractivity contribution in [3.8, 4) is 0 Å². The van der Waals surface area contributed by atoms with Crippen molar-refractivity contribution in [3.05, 3.63) is 63.1 Å². The maximum absolute atomic E-state index is 13.9. The van der Waals surface area contributed by atoms with Crippen LogP contribution in [0.4, 0.5) is 4.39 Å². The number of halogens is 4. The number of alkyl halides is 1. The van der Waals surface area contributed by atoms with Gasteiger partial charge < -0.3 is 9.80 Å². The smallest absolute Gasteiger partial charge is 0.246 e. The number of hydrogen-bond acceptors (Lipinski definition) is 6. The van der Waals surface area contributed by atoms with Crippen LogP contribution in [-0.4, -0.2) is 93.6 Å². The molecule has 0 aromatic heterocycles. The van der Waals surface area contributed by atoms with E-state index >= 15 is 0 Å². The lowest BCUT2D eigenvalue weighted by molar-refractivity contribution is -0.166. The molecule has 4 rings (SSSR count).